The van der Waals surface area contributed by atoms with Gasteiger partial charge in [-0.2, -0.15) is 0 Å². The maximum absolute atomic E-state index is 13.2. The number of Topliss-reactive ketones (excluding diaryl/α,β-unsaturated/α-hetero) is 1. The molecule has 0 unspecified atom stereocenters. The molecule has 0 amide bonds. The number of halogens is 1. The summed E-state index contributed by atoms with van der Waals surface area (Å²) in [5.41, 5.74) is 0.245. The molecule has 0 aliphatic rings. The summed E-state index contributed by atoms with van der Waals surface area (Å²) in [6.45, 7) is 0. The maximum atomic E-state index is 13.2. The molecule has 1 aromatic heterocycles. The van der Waals surface area contributed by atoms with Crippen LogP contribution in [0.25, 0.3) is 0 Å². The van der Waals surface area contributed by atoms with Crippen molar-refractivity contribution in [1.29, 1.82) is 0 Å². The minimum Gasteiger partial charge on any atom is -0.496 e. The molecule has 0 fully saturated rings. The molecule has 0 aliphatic heterocycles. The Hall–Kier alpha value is -1.12. The van der Waals surface area contributed by atoms with Crippen molar-refractivity contribution in [2.45, 2.75) is 8.68 Å². The lowest BCUT2D eigenvalue weighted by molar-refractivity contribution is 0.101. The number of carbonyl (C=O) groups excluding carboxylic acids is 1. The number of thioether (sulfide) groups is 2. The first-order chi connectivity index (χ1) is 9.63. The Kier molecular flexibility index (Phi) is 5.38. The average molecular weight is 330 g/mol. The zero-order valence-corrected chi connectivity index (χ0v) is 13.2. The quantitative estimate of drug-likeness (QED) is 0.598. The van der Waals surface area contributed by atoms with Crippen LogP contribution in [0.1, 0.15) is 10.4 Å². The predicted octanol–water partition coefficient (Wildman–Crippen LogP) is 3.38. The first-order valence-corrected chi connectivity index (χ1v) is 8.53. The van der Waals surface area contributed by atoms with Crippen LogP contribution in [0.5, 0.6) is 5.75 Å². The van der Waals surface area contributed by atoms with E-state index in [2.05, 4.69) is 10.2 Å². The molecule has 8 heteroatoms. The molecule has 2 aromatic rings. The minimum absolute atomic E-state index is 0.169. The van der Waals surface area contributed by atoms with E-state index >= 15 is 0 Å². The Labute approximate surface area is 128 Å². The van der Waals surface area contributed by atoms with E-state index in [0.29, 0.717) is 5.75 Å². The second-order valence-corrected chi connectivity index (χ2v) is 6.85. The van der Waals surface area contributed by atoms with Gasteiger partial charge in [-0.25, -0.2) is 4.39 Å². The molecule has 1 heterocycles. The van der Waals surface area contributed by atoms with Gasteiger partial charge in [0.25, 0.3) is 0 Å². The third kappa shape index (κ3) is 3.71. The highest BCUT2D eigenvalue weighted by Crippen LogP contribution is 2.29. The van der Waals surface area contributed by atoms with Gasteiger partial charge in [0.1, 0.15) is 11.6 Å². The third-order valence-electron chi connectivity index (χ3n) is 2.35. The van der Waals surface area contributed by atoms with Gasteiger partial charge in [0.2, 0.25) is 0 Å². The Morgan fingerprint density at radius 3 is 2.80 bits per heavy atom. The zero-order chi connectivity index (χ0) is 14.5. The van der Waals surface area contributed by atoms with Gasteiger partial charge >= 0.3 is 0 Å². The number of ketones is 1. The van der Waals surface area contributed by atoms with Crippen LogP contribution in [0.3, 0.4) is 0 Å². The highest BCUT2D eigenvalue weighted by Gasteiger charge is 2.15. The molecular weight excluding hydrogens is 319 g/mol. The van der Waals surface area contributed by atoms with Gasteiger partial charge in [-0.15, -0.1) is 10.2 Å². The van der Waals surface area contributed by atoms with Gasteiger partial charge in [0.05, 0.1) is 18.4 Å². The van der Waals surface area contributed by atoms with Crippen LogP contribution in [0.15, 0.2) is 26.9 Å². The molecule has 20 heavy (non-hydrogen) atoms. The van der Waals surface area contributed by atoms with E-state index in [9.17, 15) is 9.18 Å². The molecule has 0 atom stereocenters. The molecule has 0 spiro atoms. The molecule has 0 bridgehead atoms. The van der Waals surface area contributed by atoms with Crippen molar-refractivity contribution in [3.63, 3.8) is 0 Å². The molecule has 0 saturated heterocycles. The van der Waals surface area contributed by atoms with E-state index in [1.54, 1.807) is 0 Å². The van der Waals surface area contributed by atoms with Crippen molar-refractivity contribution < 1.29 is 13.9 Å². The van der Waals surface area contributed by atoms with E-state index in [-0.39, 0.29) is 17.1 Å². The Bertz CT molecular complexity index is 618. The van der Waals surface area contributed by atoms with Crippen LogP contribution in [0, 0.1) is 5.82 Å². The van der Waals surface area contributed by atoms with E-state index in [0.717, 1.165) is 8.68 Å². The summed E-state index contributed by atoms with van der Waals surface area (Å²) in [6, 6.07) is 3.90. The monoisotopic (exact) mass is 330 g/mol. The number of hydrogen-bond donors (Lipinski definition) is 0. The van der Waals surface area contributed by atoms with Crippen LogP contribution >= 0.6 is 34.9 Å². The number of aromatic nitrogens is 2. The topological polar surface area (TPSA) is 52.1 Å². The maximum Gasteiger partial charge on any atom is 0.176 e. The van der Waals surface area contributed by atoms with Gasteiger partial charge in [-0.3, -0.25) is 4.79 Å². The number of methoxy groups -OCH3 is 1. The first-order valence-electron chi connectivity index (χ1n) is 5.51. The number of hydrogen-bond acceptors (Lipinski definition) is 7. The number of carbonyl (C=O) groups is 1. The standard InChI is InChI=1S/C12H11FN2O2S3/c1-17-10-4-3-7(13)5-8(10)9(16)6-19-12-15-14-11(18-2)20-12/h3-5H,6H2,1-2H3. The van der Waals surface area contributed by atoms with Crippen LogP contribution in [-0.2, 0) is 0 Å². The summed E-state index contributed by atoms with van der Waals surface area (Å²) in [4.78, 5) is 12.1. The smallest absolute Gasteiger partial charge is 0.176 e. The predicted molar refractivity (Wildman–Crippen MR) is 79.7 cm³/mol. The van der Waals surface area contributed by atoms with Gasteiger partial charge in [-0.1, -0.05) is 34.9 Å². The van der Waals surface area contributed by atoms with Crippen molar-refractivity contribution >= 4 is 40.6 Å². The van der Waals surface area contributed by atoms with E-state index in [4.69, 9.17) is 4.74 Å². The average Bonchev–Trinajstić information content (AvgIpc) is 2.92. The normalized spacial score (nSPS) is 10.6. The summed E-state index contributed by atoms with van der Waals surface area (Å²) in [5.74, 6) is -0.117. The second kappa shape index (κ2) is 7.05. The highest BCUT2D eigenvalue weighted by molar-refractivity contribution is 8.03. The van der Waals surface area contributed by atoms with E-state index in [1.807, 2.05) is 6.26 Å². The van der Waals surface area contributed by atoms with Crippen LogP contribution in [0.4, 0.5) is 4.39 Å². The van der Waals surface area contributed by atoms with Crippen LogP contribution < -0.4 is 4.74 Å². The largest absolute Gasteiger partial charge is 0.496 e. The molecule has 0 N–H and O–H groups in total. The fourth-order valence-corrected chi connectivity index (χ4v) is 3.76. The first kappa shape index (κ1) is 15.3. The van der Waals surface area contributed by atoms with Crippen molar-refractivity contribution in [2.75, 3.05) is 19.1 Å². The highest BCUT2D eigenvalue weighted by atomic mass is 32.2. The number of rotatable bonds is 6. The molecule has 2 rings (SSSR count). The lowest BCUT2D eigenvalue weighted by Crippen LogP contribution is -2.05. The van der Waals surface area contributed by atoms with E-state index in [1.165, 1.54) is 60.2 Å². The van der Waals surface area contributed by atoms with E-state index < -0.39 is 5.82 Å². The van der Waals surface area contributed by atoms with Gasteiger partial charge in [0.15, 0.2) is 14.5 Å². The Morgan fingerprint density at radius 2 is 2.15 bits per heavy atom. The number of nitrogens with zero attached hydrogens (tertiary/aromatic N) is 2. The molecule has 0 aliphatic carbocycles. The number of ether oxygens (including phenoxy) is 1. The summed E-state index contributed by atoms with van der Waals surface area (Å²) in [5, 5.41) is 7.91. The molecule has 106 valence electrons. The molecule has 1 aromatic carbocycles. The molecule has 4 nitrogen and oxygen atoms in total. The molecular formula is C12H11FN2O2S3. The Balaban J connectivity index is 2.06. The van der Waals surface area contributed by atoms with Gasteiger partial charge in [0, 0.05) is 0 Å². The van der Waals surface area contributed by atoms with Crippen LogP contribution in [0.2, 0.25) is 0 Å². The number of benzene rings is 1. The van der Waals surface area contributed by atoms with Crippen LogP contribution in [-0.4, -0.2) is 35.1 Å². The molecule has 0 radical (unpaired) electrons. The van der Waals surface area contributed by atoms with Gasteiger partial charge in [-0.05, 0) is 24.5 Å². The second-order valence-electron chi connectivity index (χ2n) is 3.59. The SMILES string of the molecule is COc1ccc(F)cc1C(=O)CSc1nnc(SC)s1. The third-order valence-corrected chi connectivity index (χ3v) is 5.38. The summed E-state index contributed by atoms with van der Waals surface area (Å²) < 4.78 is 19.9. The minimum atomic E-state index is -0.459. The van der Waals surface area contributed by atoms with Crippen molar-refractivity contribution in [1.82, 2.24) is 10.2 Å². The lowest BCUT2D eigenvalue weighted by Gasteiger charge is -2.06. The zero-order valence-electron chi connectivity index (χ0n) is 10.8. The summed E-state index contributed by atoms with van der Waals surface area (Å²) in [7, 11) is 1.45. The van der Waals surface area contributed by atoms with Crippen molar-refractivity contribution in [3.8, 4) is 5.75 Å². The lowest BCUT2D eigenvalue weighted by atomic mass is 10.1. The van der Waals surface area contributed by atoms with Gasteiger partial charge < -0.3 is 4.74 Å². The fourth-order valence-electron chi connectivity index (χ4n) is 1.44. The van der Waals surface area contributed by atoms with Crippen molar-refractivity contribution in [2.24, 2.45) is 0 Å². The molecule has 0 saturated carbocycles. The van der Waals surface area contributed by atoms with Crippen molar-refractivity contribution in [3.05, 3.63) is 29.6 Å². The summed E-state index contributed by atoms with van der Waals surface area (Å²) in [6.07, 6.45) is 1.91. The fraction of sp³-hybridized carbons (Fsp3) is 0.250. The summed E-state index contributed by atoms with van der Waals surface area (Å²) >= 11 is 4.22. The Morgan fingerprint density at radius 1 is 1.40 bits per heavy atom.